The summed E-state index contributed by atoms with van der Waals surface area (Å²) in [5, 5.41) is 11.7. The van der Waals surface area contributed by atoms with Crippen molar-refractivity contribution in [1.29, 1.82) is 0 Å². The Morgan fingerprint density at radius 3 is 2.80 bits per heavy atom. The van der Waals surface area contributed by atoms with Gasteiger partial charge in [-0.3, -0.25) is 4.79 Å². The molecule has 0 aromatic carbocycles. The van der Waals surface area contributed by atoms with Crippen molar-refractivity contribution >= 4 is 11.9 Å². The van der Waals surface area contributed by atoms with E-state index in [1.165, 1.54) is 0 Å². The van der Waals surface area contributed by atoms with E-state index in [1.54, 1.807) is 6.26 Å². The molecule has 1 amide bonds. The first-order valence-electron chi connectivity index (χ1n) is 6.77. The first kappa shape index (κ1) is 14.6. The fraction of sp³-hybridized carbons (Fsp3) is 0.571. The van der Waals surface area contributed by atoms with Crippen molar-refractivity contribution in [1.82, 2.24) is 5.32 Å². The Morgan fingerprint density at radius 1 is 1.45 bits per heavy atom. The maximum absolute atomic E-state index is 11.9. The SMILES string of the molecule is CC(CCc1ccco1)NC(=O)C1CCC(C(=O)O)O1. The second kappa shape index (κ2) is 6.56. The number of aliphatic carboxylic acids is 1. The number of hydrogen-bond donors (Lipinski definition) is 2. The van der Waals surface area contributed by atoms with Crippen LogP contribution in [0, 0.1) is 0 Å². The number of nitrogens with one attached hydrogen (secondary N) is 1. The van der Waals surface area contributed by atoms with E-state index < -0.39 is 18.2 Å². The van der Waals surface area contributed by atoms with Crippen LogP contribution in [-0.4, -0.2) is 35.2 Å². The first-order chi connectivity index (χ1) is 9.56. The molecule has 110 valence electrons. The van der Waals surface area contributed by atoms with Gasteiger partial charge >= 0.3 is 5.97 Å². The van der Waals surface area contributed by atoms with E-state index in [2.05, 4.69) is 5.32 Å². The normalized spacial score (nSPS) is 23.4. The molecule has 2 heterocycles. The van der Waals surface area contributed by atoms with Gasteiger partial charge in [0.25, 0.3) is 0 Å². The van der Waals surface area contributed by atoms with Crippen LogP contribution in [0.3, 0.4) is 0 Å². The summed E-state index contributed by atoms with van der Waals surface area (Å²) < 4.78 is 10.4. The molecule has 0 spiro atoms. The van der Waals surface area contributed by atoms with Crippen molar-refractivity contribution in [2.24, 2.45) is 0 Å². The highest BCUT2D eigenvalue weighted by atomic mass is 16.5. The van der Waals surface area contributed by atoms with Crippen LogP contribution >= 0.6 is 0 Å². The number of hydrogen-bond acceptors (Lipinski definition) is 4. The summed E-state index contributed by atoms with van der Waals surface area (Å²) in [5.41, 5.74) is 0. The lowest BCUT2D eigenvalue weighted by atomic mass is 10.1. The summed E-state index contributed by atoms with van der Waals surface area (Å²) in [6.45, 7) is 1.91. The lowest BCUT2D eigenvalue weighted by Crippen LogP contribution is -2.40. The summed E-state index contributed by atoms with van der Waals surface area (Å²) in [5.74, 6) is -0.360. The Labute approximate surface area is 117 Å². The Morgan fingerprint density at radius 2 is 2.20 bits per heavy atom. The summed E-state index contributed by atoms with van der Waals surface area (Å²) in [7, 11) is 0. The highest BCUT2D eigenvalue weighted by Crippen LogP contribution is 2.20. The lowest BCUT2D eigenvalue weighted by Gasteiger charge is -2.16. The van der Waals surface area contributed by atoms with Crippen molar-refractivity contribution in [2.75, 3.05) is 0 Å². The first-order valence-corrected chi connectivity index (χ1v) is 6.77. The predicted octanol–water partition coefficient (Wildman–Crippen LogP) is 1.35. The van der Waals surface area contributed by atoms with Crippen LogP contribution in [0.4, 0.5) is 0 Å². The van der Waals surface area contributed by atoms with Gasteiger partial charge in [0.2, 0.25) is 5.91 Å². The van der Waals surface area contributed by atoms with Gasteiger partial charge in [-0.2, -0.15) is 0 Å². The van der Waals surface area contributed by atoms with E-state index in [0.717, 1.165) is 18.6 Å². The third kappa shape index (κ3) is 3.84. The Bertz CT molecular complexity index is 456. The van der Waals surface area contributed by atoms with Crippen LogP contribution in [0.25, 0.3) is 0 Å². The number of furan rings is 1. The Hall–Kier alpha value is -1.82. The topological polar surface area (TPSA) is 88.8 Å². The molecule has 20 heavy (non-hydrogen) atoms. The monoisotopic (exact) mass is 281 g/mol. The molecule has 3 unspecified atom stereocenters. The van der Waals surface area contributed by atoms with Gasteiger partial charge in [-0.05, 0) is 38.3 Å². The van der Waals surface area contributed by atoms with Crippen LogP contribution in [0.2, 0.25) is 0 Å². The average Bonchev–Trinajstić information content (AvgIpc) is 3.07. The molecule has 0 saturated carbocycles. The highest BCUT2D eigenvalue weighted by Gasteiger charge is 2.34. The molecule has 0 aliphatic carbocycles. The molecule has 6 heteroatoms. The van der Waals surface area contributed by atoms with Crippen molar-refractivity contribution in [3.8, 4) is 0 Å². The molecule has 2 N–H and O–H groups in total. The smallest absolute Gasteiger partial charge is 0.332 e. The minimum absolute atomic E-state index is 0.0138. The molecule has 0 radical (unpaired) electrons. The van der Waals surface area contributed by atoms with Crippen molar-refractivity contribution in [3.63, 3.8) is 0 Å². The summed E-state index contributed by atoms with van der Waals surface area (Å²) >= 11 is 0. The zero-order valence-electron chi connectivity index (χ0n) is 11.4. The van der Waals surface area contributed by atoms with E-state index in [4.69, 9.17) is 14.3 Å². The van der Waals surface area contributed by atoms with Crippen LogP contribution in [0.5, 0.6) is 0 Å². The molecule has 3 atom stereocenters. The quantitative estimate of drug-likeness (QED) is 0.821. The summed E-state index contributed by atoms with van der Waals surface area (Å²) in [6, 6.07) is 3.71. The fourth-order valence-corrected chi connectivity index (χ4v) is 2.23. The van der Waals surface area contributed by atoms with Gasteiger partial charge in [-0.15, -0.1) is 0 Å². The molecule has 1 aliphatic rings. The highest BCUT2D eigenvalue weighted by molar-refractivity contribution is 5.82. The largest absolute Gasteiger partial charge is 0.479 e. The fourth-order valence-electron chi connectivity index (χ4n) is 2.23. The van der Waals surface area contributed by atoms with Crippen LogP contribution in [-0.2, 0) is 20.7 Å². The minimum atomic E-state index is -1.01. The summed E-state index contributed by atoms with van der Waals surface area (Å²) in [6.07, 6.45) is 2.46. The number of ether oxygens (including phenoxy) is 1. The van der Waals surface area contributed by atoms with Crippen LogP contribution in [0.15, 0.2) is 22.8 Å². The van der Waals surface area contributed by atoms with Gasteiger partial charge in [-0.25, -0.2) is 4.79 Å². The van der Waals surface area contributed by atoms with Crippen molar-refractivity contribution in [3.05, 3.63) is 24.2 Å². The van der Waals surface area contributed by atoms with E-state index in [9.17, 15) is 9.59 Å². The number of carboxylic acids is 1. The van der Waals surface area contributed by atoms with Crippen LogP contribution in [0.1, 0.15) is 31.9 Å². The zero-order valence-corrected chi connectivity index (χ0v) is 11.4. The number of carbonyl (C=O) groups is 2. The lowest BCUT2D eigenvalue weighted by molar-refractivity contribution is -0.151. The second-order valence-corrected chi connectivity index (χ2v) is 5.06. The van der Waals surface area contributed by atoms with E-state index in [0.29, 0.717) is 12.8 Å². The number of carbonyl (C=O) groups excluding carboxylic acids is 1. The third-order valence-electron chi connectivity index (χ3n) is 3.38. The molecule has 2 rings (SSSR count). The Kier molecular flexibility index (Phi) is 4.79. The van der Waals surface area contributed by atoms with E-state index in [-0.39, 0.29) is 11.9 Å². The number of amides is 1. The molecule has 1 aromatic heterocycles. The minimum Gasteiger partial charge on any atom is -0.479 e. The van der Waals surface area contributed by atoms with Gasteiger partial charge in [-0.1, -0.05) is 0 Å². The van der Waals surface area contributed by atoms with Gasteiger partial charge in [0, 0.05) is 12.5 Å². The van der Waals surface area contributed by atoms with Gasteiger partial charge in [0.15, 0.2) is 6.10 Å². The number of aryl methyl sites for hydroxylation is 1. The third-order valence-corrected chi connectivity index (χ3v) is 3.38. The number of carboxylic acid groups (broad SMARTS) is 1. The predicted molar refractivity (Wildman–Crippen MR) is 70.2 cm³/mol. The summed E-state index contributed by atoms with van der Waals surface area (Å²) in [4.78, 5) is 22.7. The molecule has 1 aliphatic heterocycles. The zero-order chi connectivity index (χ0) is 14.5. The standard InChI is InChI=1S/C14H19NO5/c1-9(4-5-10-3-2-8-19-10)15-13(16)11-6-7-12(20-11)14(17)18/h2-3,8-9,11-12H,4-7H2,1H3,(H,15,16)(H,17,18). The maximum Gasteiger partial charge on any atom is 0.332 e. The molecular formula is C14H19NO5. The molecular weight excluding hydrogens is 262 g/mol. The molecule has 0 bridgehead atoms. The van der Waals surface area contributed by atoms with Gasteiger partial charge in [0.05, 0.1) is 6.26 Å². The molecule has 1 fully saturated rings. The second-order valence-electron chi connectivity index (χ2n) is 5.06. The maximum atomic E-state index is 11.9. The van der Waals surface area contributed by atoms with E-state index in [1.807, 2.05) is 19.1 Å². The van der Waals surface area contributed by atoms with Gasteiger partial charge in [0.1, 0.15) is 11.9 Å². The molecule has 1 saturated heterocycles. The van der Waals surface area contributed by atoms with E-state index >= 15 is 0 Å². The number of rotatable bonds is 6. The average molecular weight is 281 g/mol. The molecule has 6 nitrogen and oxygen atoms in total. The Balaban J connectivity index is 1.72. The van der Waals surface area contributed by atoms with Gasteiger partial charge < -0.3 is 19.6 Å². The van der Waals surface area contributed by atoms with Crippen LogP contribution < -0.4 is 5.32 Å². The van der Waals surface area contributed by atoms with Crippen molar-refractivity contribution < 1.29 is 23.8 Å². The molecule has 1 aromatic rings. The van der Waals surface area contributed by atoms with Crippen molar-refractivity contribution in [2.45, 2.75) is 50.9 Å².